The molecule has 90 valence electrons. The summed E-state index contributed by atoms with van der Waals surface area (Å²) in [5.41, 5.74) is 0. The molecule has 0 aliphatic rings. The standard InChI is InChI=1S/C12H17Cl2NS/c1-3-6-15-8-9(2)16-10-4-5-11(13)12(14)7-10/h4-5,7,9,15H,3,6,8H2,1-2H3. The van der Waals surface area contributed by atoms with Crippen molar-refractivity contribution in [2.24, 2.45) is 0 Å². The van der Waals surface area contributed by atoms with Crippen LogP contribution in [0.3, 0.4) is 0 Å². The van der Waals surface area contributed by atoms with Crippen LogP contribution in [0, 0.1) is 0 Å². The molecule has 0 saturated heterocycles. The molecule has 1 N–H and O–H groups in total. The maximum atomic E-state index is 5.96. The summed E-state index contributed by atoms with van der Waals surface area (Å²) in [6.07, 6.45) is 1.17. The number of rotatable bonds is 6. The van der Waals surface area contributed by atoms with E-state index in [1.54, 1.807) is 0 Å². The van der Waals surface area contributed by atoms with Crippen LogP contribution in [0.25, 0.3) is 0 Å². The first kappa shape index (κ1) is 14.2. The van der Waals surface area contributed by atoms with Gasteiger partial charge in [-0.2, -0.15) is 0 Å². The Balaban J connectivity index is 2.43. The summed E-state index contributed by atoms with van der Waals surface area (Å²) < 4.78 is 0. The molecule has 0 fully saturated rings. The molecule has 1 aromatic carbocycles. The predicted octanol–water partition coefficient (Wildman–Crippen LogP) is 4.47. The van der Waals surface area contributed by atoms with Gasteiger partial charge in [-0.05, 0) is 31.2 Å². The molecule has 0 aromatic heterocycles. The van der Waals surface area contributed by atoms with Crippen molar-refractivity contribution in [2.45, 2.75) is 30.4 Å². The molecule has 1 nitrogen and oxygen atoms in total. The Morgan fingerprint density at radius 1 is 1.31 bits per heavy atom. The first-order valence-corrected chi connectivity index (χ1v) is 7.09. The van der Waals surface area contributed by atoms with Crippen LogP contribution in [0.4, 0.5) is 0 Å². The number of benzene rings is 1. The molecule has 4 heteroatoms. The van der Waals surface area contributed by atoms with Crippen molar-refractivity contribution >= 4 is 35.0 Å². The first-order valence-electron chi connectivity index (χ1n) is 5.46. The molecule has 16 heavy (non-hydrogen) atoms. The summed E-state index contributed by atoms with van der Waals surface area (Å²) in [5.74, 6) is 0. The fourth-order valence-corrected chi connectivity index (χ4v) is 2.67. The van der Waals surface area contributed by atoms with Gasteiger partial charge in [-0.25, -0.2) is 0 Å². The van der Waals surface area contributed by atoms with Crippen LogP contribution >= 0.6 is 35.0 Å². The maximum absolute atomic E-state index is 5.96. The smallest absolute Gasteiger partial charge is 0.0603 e. The van der Waals surface area contributed by atoms with Gasteiger partial charge >= 0.3 is 0 Å². The van der Waals surface area contributed by atoms with Crippen molar-refractivity contribution in [2.75, 3.05) is 13.1 Å². The van der Waals surface area contributed by atoms with E-state index < -0.39 is 0 Å². The highest BCUT2D eigenvalue weighted by Gasteiger charge is 2.05. The van der Waals surface area contributed by atoms with Crippen LogP contribution in [0.2, 0.25) is 10.0 Å². The van der Waals surface area contributed by atoms with E-state index in [0.29, 0.717) is 15.3 Å². The molecule has 1 aromatic rings. The van der Waals surface area contributed by atoms with Crippen molar-refractivity contribution < 1.29 is 0 Å². The highest BCUT2D eigenvalue weighted by Crippen LogP contribution is 2.29. The Labute approximate surface area is 112 Å². The van der Waals surface area contributed by atoms with Gasteiger partial charge in [0.2, 0.25) is 0 Å². The molecule has 0 bridgehead atoms. The van der Waals surface area contributed by atoms with Crippen LogP contribution in [0.15, 0.2) is 23.1 Å². The minimum atomic E-state index is 0.531. The summed E-state index contributed by atoms with van der Waals surface area (Å²) in [6.45, 7) is 6.46. The lowest BCUT2D eigenvalue weighted by Gasteiger charge is -2.12. The van der Waals surface area contributed by atoms with Gasteiger partial charge in [0, 0.05) is 16.7 Å². The average Bonchev–Trinajstić information content (AvgIpc) is 2.24. The molecular formula is C12H17Cl2NS. The molecule has 1 unspecified atom stereocenters. The summed E-state index contributed by atoms with van der Waals surface area (Å²) in [7, 11) is 0. The van der Waals surface area contributed by atoms with Gasteiger partial charge in [-0.15, -0.1) is 11.8 Å². The van der Waals surface area contributed by atoms with E-state index in [4.69, 9.17) is 23.2 Å². The quantitative estimate of drug-likeness (QED) is 0.608. The molecular weight excluding hydrogens is 261 g/mol. The zero-order chi connectivity index (χ0) is 12.0. The van der Waals surface area contributed by atoms with Gasteiger partial charge in [-0.1, -0.05) is 37.0 Å². The zero-order valence-corrected chi connectivity index (χ0v) is 11.9. The molecule has 0 saturated carbocycles. The van der Waals surface area contributed by atoms with Gasteiger partial charge < -0.3 is 5.32 Å². The lowest BCUT2D eigenvalue weighted by Crippen LogP contribution is -2.23. The minimum Gasteiger partial charge on any atom is -0.316 e. The lowest BCUT2D eigenvalue weighted by atomic mass is 10.4. The number of thioether (sulfide) groups is 1. The van der Waals surface area contributed by atoms with Gasteiger partial charge in [0.05, 0.1) is 10.0 Å². The zero-order valence-electron chi connectivity index (χ0n) is 9.59. The molecule has 0 amide bonds. The van der Waals surface area contributed by atoms with Crippen molar-refractivity contribution in [1.29, 1.82) is 0 Å². The molecule has 0 aliphatic carbocycles. The van der Waals surface area contributed by atoms with E-state index in [1.165, 1.54) is 11.3 Å². The molecule has 0 spiro atoms. The highest BCUT2D eigenvalue weighted by atomic mass is 35.5. The van der Waals surface area contributed by atoms with E-state index in [-0.39, 0.29) is 0 Å². The van der Waals surface area contributed by atoms with Gasteiger partial charge in [0.15, 0.2) is 0 Å². The minimum absolute atomic E-state index is 0.531. The van der Waals surface area contributed by atoms with E-state index in [2.05, 4.69) is 19.2 Å². The third-order valence-electron chi connectivity index (χ3n) is 2.09. The number of halogens is 2. The predicted molar refractivity (Wildman–Crippen MR) is 74.9 cm³/mol. The summed E-state index contributed by atoms with van der Waals surface area (Å²) in [4.78, 5) is 1.17. The summed E-state index contributed by atoms with van der Waals surface area (Å²) >= 11 is 13.6. The SMILES string of the molecule is CCCNCC(C)Sc1ccc(Cl)c(Cl)c1. The van der Waals surface area contributed by atoms with Crippen molar-refractivity contribution in [1.82, 2.24) is 5.32 Å². The summed E-state index contributed by atoms with van der Waals surface area (Å²) in [5, 5.41) is 5.17. The summed E-state index contributed by atoms with van der Waals surface area (Å²) in [6, 6.07) is 5.78. The number of hydrogen-bond acceptors (Lipinski definition) is 2. The largest absolute Gasteiger partial charge is 0.316 e. The van der Waals surface area contributed by atoms with Crippen molar-refractivity contribution in [3.63, 3.8) is 0 Å². The van der Waals surface area contributed by atoms with Gasteiger partial charge in [0.25, 0.3) is 0 Å². The number of hydrogen-bond donors (Lipinski definition) is 1. The topological polar surface area (TPSA) is 12.0 Å². The van der Waals surface area contributed by atoms with Crippen LogP contribution in [0.5, 0.6) is 0 Å². The normalized spacial score (nSPS) is 12.8. The molecule has 1 atom stereocenters. The second-order valence-electron chi connectivity index (χ2n) is 3.71. The Morgan fingerprint density at radius 3 is 2.69 bits per heavy atom. The average molecular weight is 278 g/mol. The first-order chi connectivity index (χ1) is 7.63. The Hall–Kier alpha value is 0.110. The van der Waals surface area contributed by atoms with Crippen LogP contribution in [-0.2, 0) is 0 Å². The Bertz CT molecular complexity index is 331. The lowest BCUT2D eigenvalue weighted by molar-refractivity contribution is 0.669. The Morgan fingerprint density at radius 2 is 2.06 bits per heavy atom. The molecule has 0 radical (unpaired) electrons. The molecule has 1 rings (SSSR count). The number of nitrogens with one attached hydrogen (secondary N) is 1. The Kier molecular flexibility index (Phi) is 6.59. The van der Waals surface area contributed by atoms with E-state index >= 15 is 0 Å². The van der Waals surface area contributed by atoms with E-state index in [0.717, 1.165) is 13.1 Å². The molecule has 0 aliphatic heterocycles. The van der Waals surface area contributed by atoms with Crippen LogP contribution in [0.1, 0.15) is 20.3 Å². The van der Waals surface area contributed by atoms with Gasteiger partial charge in [-0.3, -0.25) is 0 Å². The molecule has 0 heterocycles. The van der Waals surface area contributed by atoms with Crippen LogP contribution < -0.4 is 5.32 Å². The highest BCUT2D eigenvalue weighted by molar-refractivity contribution is 8.00. The fraction of sp³-hybridized carbons (Fsp3) is 0.500. The van der Waals surface area contributed by atoms with Crippen molar-refractivity contribution in [3.05, 3.63) is 28.2 Å². The third-order valence-corrected chi connectivity index (χ3v) is 3.92. The maximum Gasteiger partial charge on any atom is 0.0603 e. The van der Waals surface area contributed by atoms with Gasteiger partial charge in [0.1, 0.15) is 0 Å². The van der Waals surface area contributed by atoms with E-state index in [1.807, 2.05) is 30.0 Å². The van der Waals surface area contributed by atoms with Crippen molar-refractivity contribution in [3.8, 4) is 0 Å². The van der Waals surface area contributed by atoms with Crippen LogP contribution in [-0.4, -0.2) is 18.3 Å². The third kappa shape index (κ3) is 4.96. The van der Waals surface area contributed by atoms with E-state index in [9.17, 15) is 0 Å². The second kappa shape index (κ2) is 7.44. The second-order valence-corrected chi connectivity index (χ2v) is 6.03. The fourth-order valence-electron chi connectivity index (χ4n) is 1.31. The monoisotopic (exact) mass is 277 g/mol.